The van der Waals surface area contributed by atoms with E-state index >= 15 is 0 Å². The first-order chi connectivity index (χ1) is 10.2. The molecule has 108 valence electrons. The van der Waals surface area contributed by atoms with E-state index in [1.165, 1.54) is 8.48 Å². The second kappa shape index (κ2) is 7.06. The van der Waals surface area contributed by atoms with E-state index in [0.29, 0.717) is 0 Å². The molecule has 0 N–H and O–H groups in total. The molecule has 3 rings (SSSR count). The Morgan fingerprint density at radius 1 is 1.19 bits per heavy atom. The van der Waals surface area contributed by atoms with Gasteiger partial charge in [-0.1, -0.05) is 64.7 Å². The fraction of sp³-hybridized carbons (Fsp3) is 0.125. The minimum atomic E-state index is -0.408. The molecule has 0 saturated heterocycles. The molecule has 1 heterocycles. The van der Waals surface area contributed by atoms with Gasteiger partial charge in [-0.25, -0.2) is 0 Å². The number of thioether (sulfide) groups is 1. The lowest BCUT2D eigenvalue weighted by Crippen LogP contribution is -2.39. The van der Waals surface area contributed by atoms with Crippen LogP contribution in [0.25, 0.3) is 0 Å². The van der Waals surface area contributed by atoms with Gasteiger partial charge in [0.25, 0.3) is 0 Å². The van der Waals surface area contributed by atoms with Crippen molar-refractivity contribution in [3.8, 4) is 5.75 Å². The Kier molecular flexibility index (Phi) is 5.34. The molecule has 0 aliphatic heterocycles. The molecule has 1 aromatic carbocycles. The van der Waals surface area contributed by atoms with Gasteiger partial charge >= 0.3 is 0 Å². The van der Waals surface area contributed by atoms with E-state index in [9.17, 15) is 0 Å². The third-order valence-corrected chi connectivity index (χ3v) is 7.32. The molecule has 1 aliphatic carbocycles. The molecule has 1 aromatic heterocycles. The zero-order valence-electron chi connectivity index (χ0n) is 10.9. The van der Waals surface area contributed by atoms with Crippen LogP contribution in [0.3, 0.4) is 0 Å². The molecular formula is C16H12I2OS2. The normalized spacial score (nSPS) is 24.7. The minimum absolute atomic E-state index is 0.263. The smallest absolute Gasteiger partial charge is 0.194 e. The number of benzene rings is 1. The van der Waals surface area contributed by atoms with E-state index in [-0.39, 0.29) is 3.92 Å². The number of halogens is 2. The van der Waals surface area contributed by atoms with Crippen LogP contribution in [0.15, 0.2) is 73.9 Å². The van der Waals surface area contributed by atoms with Crippen LogP contribution < -0.4 is 4.74 Å². The number of ether oxygens (including phenoxy) is 1. The Morgan fingerprint density at radius 2 is 2.00 bits per heavy atom. The maximum absolute atomic E-state index is 6.40. The van der Waals surface area contributed by atoms with Crippen LogP contribution in [-0.2, 0) is 0 Å². The zero-order valence-corrected chi connectivity index (χ0v) is 16.9. The number of thiophene rings is 1. The maximum Gasteiger partial charge on any atom is 0.194 e. The number of allylic oxidation sites excluding steroid dienone is 2. The number of hydrogen-bond donors (Lipinski definition) is 0. The Hall–Kier alpha value is 0.01000. The van der Waals surface area contributed by atoms with Crippen LogP contribution in [0, 0.1) is 0 Å². The molecule has 2 atom stereocenters. The molecule has 2 unspecified atom stereocenters. The molecule has 0 fully saturated rings. The third kappa shape index (κ3) is 3.86. The second-order valence-electron chi connectivity index (χ2n) is 4.49. The van der Waals surface area contributed by atoms with Gasteiger partial charge in [-0.2, -0.15) is 0 Å². The van der Waals surface area contributed by atoms with Gasteiger partial charge in [-0.15, -0.1) is 11.3 Å². The van der Waals surface area contributed by atoms with Crippen molar-refractivity contribution in [1.29, 1.82) is 0 Å². The van der Waals surface area contributed by atoms with Gasteiger partial charge in [-0.05, 0) is 52.2 Å². The van der Waals surface area contributed by atoms with Crippen molar-refractivity contribution in [3.63, 3.8) is 0 Å². The van der Waals surface area contributed by atoms with E-state index in [1.807, 2.05) is 17.5 Å². The van der Waals surface area contributed by atoms with E-state index in [0.717, 1.165) is 5.75 Å². The zero-order chi connectivity index (χ0) is 14.7. The first-order valence-corrected chi connectivity index (χ1v) is 10.4. The molecule has 21 heavy (non-hydrogen) atoms. The highest BCUT2D eigenvalue weighted by molar-refractivity contribution is 14.1. The first kappa shape index (κ1) is 15.9. The summed E-state index contributed by atoms with van der Waals surface area (Å²) in [5.41, 5.74) is 0. The van der Waals surface area contributed by atoms with Crippen LogP contribution in [0.4, 0.5) is 0 Å². The van der Waals surface area contributed by atoms with Crippen molar-refractivity contribution in [2.24, 2.45) is 0 Å². The minimum Gasteiger partial charge on any atom is -0.470 e. The summed E-state index contributed by atoms with van der Waals surface area (Å²) in [6.45, 7) is 0. The summed E-state index contributed by atoms with van der Waals surface area (Å²) in [4.78, 5) is 0.805. The molecule has 1 nitrogen and oxygen atoms in total. The second-order valence-corrected chi connectivity index (χ2v) is 9.17. The van der Waals surface area contributed by atoms with E-state index < -0.39 is 4.93 Å². The molecule has 1 aliphatic rings. The first-order valence-electron chi connectivity index (χ1n) is 6.34. The van der Waals surface area contributed by atoms with Crippen LogP contribution >= 0.6 is 68.3 Å². The van der Waals surface area contributed by atoms with E-state index in [2.05, 4.69) is 93.1 Å². The maximum atomic E-state index is 6.40. The Morgan fingerprint density at radius 3 is 2.71 bits per heavy atom. The largest absolute Gasteiger partial charge is 0.470 e. The van der Waals surface area contributed by atoms with Crippen molar-refractivity contribution >= 4 is 68.3 Å². The molecule has 2 aromatic rings. The fourth-order valence-corrected chi connectivity index (χ4v) is 5.50. The quantitative estimate of drug-likeness (QED) is 0.257. The average Bonchev–Trinajstić information content (AvgIpc) is 2.97. The number of rotatable bonds is 4. The molecule has 0 radical (unpaired) electrons. The van der Waals surface area contributed by atoms with Crippen molar-refractivity contribution < 1.29 is 4.74 Å². The van der Waals surface area contributed by atoms with Crippen LogP contribution in [0.1, 0.15) is 0 Å². The lowest BCUT2D eigenvalue weighted by molar-refractivity contribution is 0.227. The molecule has 0 bridgehead atoms. The highest BCUT2D eigenvalue weighted by atomic mass is 127. The average molecular weight is 538 g/mol. The lowest BCUT2D eigenvalue weighted by Gasteiger charge is -2.35. The van der Waals surface area contributed by atoms with E-state index in [4.69, 9.17) is 4.74 Å². The molecule has 0 amide bonds. The van der Waals surface area contributed by atoms with Crippen LogP contribution in [0.5, 0.6) is 5.75 Å². The van der Waals surface area contributed by atoms with Crippen molar-refractivity contribution in [3.05, 3.63) is 69.0 Å². The topological polar surface area (TPSA) is 9.23 Å². The summed E-state index contributed by atoms with van der Waals surface area (Å²) in [7, 11) is 0. The van der Waals surface area contributed by atoms with Gasteiger partial charge in [0, 0.05) is 13.9 Å². The molecule has 0 spiro atoms. The highest BCUT2D eigenvalue weighted by Crippen LogP contribution is 2.45. The summed E-state index contributed by atoms with van der Waals surface area (Å²) >= 11 is 8.23. The summed E-state index contributed by atoms with van der Waals surface area (Å²) < 4.78 is 7.87. The standard InChI is InChI=1S/C16H12I2OS2/c17-12-6-7-15(18)16(10-12,19-13-8-9-20-11-13)21-14-4-2-1-3-5-14/h1-11,15H. The van der Waals surface area contributed by atoms with Crippen molar-refractivity contribution in [2.75, 3.05) is 0 Å². The lowest BCUT2D eigenvalue weighted by atomic mass is 10.1. The third-order valence-electron chi connectivity index (χ3n) is 2.94. The predicted octanol–water partition coefficient (Wildman–Crippen LogP) is 6.31. The number of alkyl halides is 1. The van der Waals surface area contributed by atoms with Gasteiger partial charge in [-0.3, -0.25) is 0 Å². The summed E-state index contributed by atoms with van der Waals surface area (Å²) in [5.74, 6) is 0.931. The van der Waals surface area contributed by atoms with Gasteiger partial charge in [0.1, 0.15) is 5.75 Å². The van der Waals surface area contributed by atoms with Crippen molar-refractivity contribution in [2.45, 2.75) is 13.8 Å². The number of hydrogen-bond acceptors (Lipinski definition) is 3. The van der Waals surface area contributed by atoms with E-state index in [1.54, 1.807) is 23.1 Å². The Balaban J connectivity index is 1.96. The summed E-state index contributed by atoms with van der Waals surface area (Å²) in [5, 5.41) is 4.10. The SMILES string of the molecule is IC1=CC(Oc2ccsc2)(Sc2ccccc2)C(I)C=C1. The molecule has 0 saturated carbocycles. The highest BCUT2D eigenvalue weighted by Gasteiger charge is 2.40. The predicted molar refractivity (Wildman–Crippen MR) is 109 cm³/mol. The summed E-state index contributed by atoms with van der Waals surface area (Å²) in [6, 6.07) is 12.5. The van der Waals surface area contributed by atoms with Gasteiger partial charge < -0.3 is 4.74 Å². The fourth-order valence-electron chi connectivity index (χ4n) is 1.99. The van der Waals surface area contributed by atoms with Gasteiger partial charge in [0.15, 0.2) is 4.93 Å². The van der Waals surface area contributed by atoms with Gasteiger partial charge in [0.2, 0.25) is 0 Å². The Bertz CT molecular complexity index is 652. The van der Waals surface area contributed by atoms with Crippen LogP contribution in [-0.4, -0.2) is 8.86 Å². The van der Waals surface area contributed by atoms with Gasteiger partial charge in [0.05, 0.1) is 3.92 Å². The monoisotopic (exact) mass is 538 g/mol. The summed E-state index contributed by atoms with van der Waals surface area (Å²) in [6.07, 6.45) is 6.59. The Labute approximate surface area is 160 Å². The molecular weight excluding hydrogens is 526 g/mol. The molecule has 5 heteroatoms. The van der Waals surface area contributed by atoms with Crippen molar-refractivity contribution in [1.82, 2.24) is 0 Å². The van der Waals surface area contributed by atoms with Crippen LogP contribution in [0.2, 0.25) is 0 Å².